The fraction of sp³-hybridized carbons (Fsp3) is 0.625. The Morgan fingerprint density at radius 1 is 1.24 bits per heavy atom. The van der Waals surface area contributed by atoms with Gasteiger partial charge in [0.25, 0.3) is 0 Å². The van der Waals surface area contributed by atoms with E-state index in [4.69, 9.17) is 22.1 Å². The molecule has 3 rings (SSSR count). The van der Waals surface area contributed by atoms with Crippen LogP contribution in [-0.4, -0.2) is 56.4 Å². The summed E-state index contributed by atoms with van der Waals surface area (Å²) in [6.07, 6.45) is 2.63. The van der Waals surface area contributed by atoms with E-state index in [1.165, 1.54) is 6.42 Å². The molecule has 2 aliphatic heterocycles. The number of para-hydroxylation sites is 1. The van der Waals surface area contributed by atoms with E-state index < -0.39 is 0 Å². The van der Waals surface area contributed by atoms with E-state index in [2.05, 4.69) is 15.9 Å². The molecule has 0 radical (unpaired) electrons. The predicted molar refractivity (Wildman–Crippen MR) is 87.1 cm³/mol. The summed E-state index contributed by atoms with van der Waals surface area (Å²) in [7, 11) is 0. The van der Waals surface area contributed by atoms with Crippen LogP contribution in [0.1, 0.15) is 12.8 Å². The quantitative estimate of drug-likeness (QED) is 0.923. The smallest absolute Gasteiger partial charge is 0.0743 e. The minimum Gasteiger partial charge on any atom is -0.377 e. The Bertz CT molecular complexity index is 457. The van der Waals surface area contributed by atoms with Gasteiger partial charge in [0.2, 0.25) is 0 Å². The van der Waals surface area contributed by atoms with Gasteiger partial charge in [-0.05, 0) is 25.0 Å². The van der Waals surface area contributed by atoms with Gasteiger partial charge >= 0.3 is 0 Å². The largest absolute Gasteiger partial charge is 0.377 e. The Morgan fingerprint density at radius 2 is 2.00 bits per heavy atom. The molecule has 21 heavy (non-hydrogen) atoms. The number of benzene rings is 1. The van der Waals surface area contributed by atoms with Crippen molar-refractivity contribution in [3.8, 4) is 0 Å². The average molecular weight is 310 g/mol. The molecule has 2 aliphatic rings. The minimum atomic E-state index is 0.321. The molecule has 0 aromatic heterocycles. The molecular weight excluding hydrogens is 286 g/mol. The van der Waals surface area contributed by atoms with Gasteiger partial charge in [-0.1, -0.05) is 23.7 Å². The second-order valence-electron chi connectivity index (χ2n) is 5.83. The molecule has 0 spiro atoms. The van der Waals surface area contributed by atoms with Crippen LogP contribution in [0.3, 0.4) is 0 Å². The monoisotopic (exact) mass is 309 g/mol. The molecule has 0 amide bonds. The molecular formula is C16H24ClN3O. The third-order valence-electron chi connectivity index (χ3n) is 4.61. The third kappa shape index (κ3) is 3.34. The van der Waals surface area contributed by atoms with Crippen LogP contribution in [0.15, 0.2) is 24.3 Å². The Kier molecular flexibility index (Phi) is 5.01. The van der Waals surface area contributed by atoms with Crippen molar-refractivity contribution in [2.75, 3.05) is 44.2 Å². The van der Waals surface area contributed by atoms with Crippen molar-refractivity contribution in [3.05, 3.63) is 29.3 Å². The maximum Gasteiger partial charge on any atom is 0.0743 e. The molecule has 2 atom stereocenters. The first-order chi connectivity index (χ1) is 10.3. The number of rotatable bonds is 4. The van der Waals surface area contributed by atoms with E-state index in [0.29, 0.717) is 18.7 Å². The van der Waals surface area contributed by atoms with Crippen molar-refractivity contribution in [3.63, 3.8) is 0 Å². The van der Waals surface area contributed by atoms with Gasteiger partial charge in [0.1, 0.15) is 0 Å². The average Bonchev–Trinajstić information content (AvgIpc) is 3.04. The summed E-state index contributed by atoms with van der Waals surface area (Å²) >= 11 is 6.29. The van der Waals surface area contributed by atoms with Crippen molar-refractivity contribution in [2.24, 2.45) is 5.73 Å². The van der Waals surface area contributed by atoms with Gasteiger partial charge in [-0.3, -0.25) is 4.90 Å². The summed E-state index contributed by atoms with van der Waals surface area (Å²) in [6, 6.07) is 8.43. The van der Waals surface area contributed by atoms with E-state index in [9.17, 15) is 0 Å². The topological polar surface area (TPSA) is 41.7 Å². The number of hydrogen-bond donors (Lipinski definition) is 1. The summed E-state index contributed by atoms with van der Waals surface area (Å²) in [4.78, 5) is 4.85. The lowest BCUT2D eigenvalue weighted by Gasteiger charge is -2.41. The van der Waals surface area contributed by atoms with Crippen molar-refractivity contribution >= 4 is 17.3 Å². The molecule has 0 aliphatic carbocycles. The highest BCUT2D eigenvalue weighted by Crippen LogP contribution is 2.27. The second-order valence-corrected chi connectivity index (χ2v) is 6.24. The van der Waals surface area contributed by atoms with Crippen LogP contribution in [0.5, 0.6) is 0 Å². The molecule has 2 fully saturated rings. The van der Waals surface area contributed by atoms with Crippen LogP contribution in [-0.2, 0) is 4.74 Å². The SMILES string of the molecule is NCC(C1CCCO1)N1CCN(c2ccccc2Cl)CC1. The first-order valence-electron chi connectivity index (χ1n) is 7.85. The summed E-state index contributed by atoms with van der Waals surface area (Å²) in [5.74, 6) is 0. The first-order valence-corrected chi connectivity index (χ1v) is 8.22. The van der Waals surface area contributed by atoms with Crippen molar-refractivity contribution in [2.45, 2.75) is 25.0 Å². The lowest BCUT2D eigenvalue weighted by Crippen LogP contribution is -2.56. The molecule has 0 bridgehead atoms. The van der Waals surface area contributed by atoms with Crippen LogP contribution >= 0.6 is 11.6 Å². The minimum absolute atomic E-state index is 0.321. The highest BCUT2D eigenvalue weighted by molar-refractivity contribution is 6.33. The zero-order chi connectivity index (χ0) is 14.7. The zero-order valence-electron chi connectivity index (χ0n) is 12.4. The summed E-state index contributed by atoms with van der Waals surface area (Å²) in [5, 5.41) is 0.834. The maximum absolute atomic E-state index is 6.29. The van der Waals surface area contributed by atoms with Gasteiger partial charge < -0.3 is 15.4 Å². The highest BCUT2D eigenvalue weighted by atomic mass is 35.5. The van der Waals surface area contributed by atoms with Crippen LogP contribution in [0.25, 0.3) is 0 Å². The Morgan fingerprint density at radius 3 is 2.62 bits per heavy atom. The standard InChI is InChI=1S/C16H24ClN3O/c17-13-4-1-2-5-14(13)19-7-9-20(10-8-19)15(12-18)16-6-3-11-21-16/h1-2,4-5,15-16H,3,6-12,18H2. The molecule has 4 nitrogen and oxygen atoms in total. The Labute approximate surface area is 131 Å². The zero-order valence-corrected chi connectivity index (χ0v) is 13.1. The lowest BCUT2D eigenvalue weighted by molar-refractivity contribution is 0.0250. The number of nitrogens with two attached hydrogens (primary N) is 1. The molecule has 116 valence electrons. The first kappa shape index (κ1) is 15.1. The van der Waals surface area contributed by atoms with E-state index in [1.54, 1.807) is 0 Å². The van der Waals surface area contributed by atoms with E-state index in [0.717, 1.165) is 49.9 Å². The molecule has 1 aromatic carbocycles. The fourth-order valence-electron chi connectivity index (χ4n) is 3.44. The highest BCUT2D eigenvalue weighted by Gasteiger charge is 2.32. The number of anilines is 1. The summed E-state index contributed by atoms with van der Waals surface area (Å²) in [5.41, 5.74) is 7.14. The van der Waals surface area contributed by atoms with Gasteiger partial charge in [0.15, 0.2) is 0 Å². The molecule has 2 N–H and O–H groups in total. The van der Waals surface area contributed by atoms with E-state index in [-0.39, 0.29) is 0 Å². The molecule has 5 heteroatoms. The molecule has 2 unspecified atom stereocenters. The summed E-state index contributed by atoms with van der Waals surface area (Å²) in [6.45, 7) is 5.59. The fourth-order valence-corrected chi connectivity index (χ4v) is 3.70. The number of ether oxygens (including phenoxy) is 1. The van der Waals surface area contributed by atoms with Gasteiger partial charge in [-0.2, -0.15) is 0 Å². The van der Waals surface area contributed by atoms with Crippen molar-refractivity contribution in [1.82, 2.24) is 4.90 Å². The van der Waals surface area contributed by atoms with Gasteiger partial charge in [-0.25, -0.2) is 0 Å². The Hall–Kier alpha value is -0.810. The molecule has 2 heterocycles. The third-order valence-corrected chi connectivity index (χ3v) is 4.93. The maximum atomic E-state index is 6.29. The normalized spacial score (nSPS) is 25.2. The van der Waals surface area contributed by atoms with Crippen molar-refractivity contribution < 1.29 is 4.74 Å². The molecule has 1 aromatic rings. The van der Waals surface area contributed by atoms with Crippen LogP contribution in [0.2, 0.25) is 5.02 Å². The van der Waals surface area contributed by atoms with Gasteiger partial charge in [0.05, 0.1) is 16.8 Å². The number of piperazine rings is 1. The van der Waals surface area contributed by atoms with Gasteiger partial charge in [-0.15, -0.1) is 0 Å². The van der Waals surface area contributed by atoms with Gasteiger partial charge in [0, 0.05) is 45.4 Å². The van der Waals surface area contributed by atoms with Crippen LogP contribution < -0.4 is 10.6 Å². The Balaban J connectivity index is 1.60. The number of hydrogen-bond acceptors (Lipinski definition) is 4. The van der Waals surface area contributed by atoms with Crippen molar-refractivity contribution in [1.29, 1.82) is 0 Å². The lowest BCUT2D eigenvalue weighted by atomic mass is 10.1. The second kappa shape index (κ2) is 6.97. The number of halogens is 1. The van der Waals surface area contributed by atoms with Crippen LogP contribution in [0, 0.1) is 0 Å². The predicted octanol–water partition coefficient (Wildman–Crippen LogP) is 1.97. The molecule has 0 saturated carbocycles. The van der Waals surface area contributed by atoms with E-state index >= 15 is 0 Å². The van der Waals surface area contributed by atoms with E-state index in [1.807, 2.05) is 18.2 Å². The number of nitrogens with zero attached hydrogens (tertiary/aromatic N) is 2. The summed E-state index contributed by atoms with van der Waals surface area (Å²) < 4.78 is 5.83. The van der Waals surface area contributed by atoms with Crippen LogP contribution in [0.4, 0.5) is 5.69 Å². The molecule has 2 saturated heterocycles.